The number of carbonyl (C=O) groups is 2. The molecule has 100 valence electrons. The van der Waals surface area contributed by atoms with Crippen molar-refractivity contribution < 1.29 is 9.59 Å². The fourth-order valence-corrected chi connectivity index (χ4v) is 3.19. The first-order chi connectivity index (χ1) is 9.63. The molecular weight excluding hydrogens is 320 g/mol. The van der Waals surface area contributed by atoms with Gasteiger partial charge in [-0.15, -0.1) is 0 Å². The van der Waals surface area contributed by atoms with Gasteiger partial charge >= 0.3 is 0 Å². The Hall–Kier alpha value is -1.93. The average Bonchev–Trinajstić information content (AvgIpc) is 2.72. The first kappa shape index (κ1) is 13.1. The number of amides is 2. The van der Waals surface area contributed by atoms with E-state index < -0.39 is 0 Å². The highest BCUT2D eigenvalue weighted by molar-refractivity contribution is 9.10. The number of fused-ring (bicyclic) bond motifs is 1. The van der Waals surface area contributed by atoms with Gasteiger partial charge in [0.25, 0.3) is 0 Å². The highest BCUT2D eigenvalue weighted by atomic mass is 79.9. The summed E-state index contributed by atoms with van der Waals surface area (Å²) in [5.74, 6) is -0.934. The largest absolute Gasteiger partial charge is 0.274 e. The van der Waals surface area contributed by atoms with Crippen molar-refractivity contribution in [3.05, 3.63) is 40.4 Å². The van der Waals surface area contributed by atoms with Gasteiger partial charge in [0.1, 0.15) is 6.07 Å². The number of hydrogen-bond acceptors (Lipinski definition) is 3. The van der Waals surface area contributed by atoms with Crippen molar-refractivity contribution >= 4 is 33.4 Å². The van der Waals surface area contributed by atoms with E-state index in [1.807, 2.05) is 18.2 Å². The van der Waals surface area contributed by atoms with Crippen LogP contribution in [0.5, 0.6) is 0 Å². The van der Waals surface area contributed by atoms with Crippen LogP contribution < -0.4 is 4.90 Å². The Kier molecular flexibility index (Phi) is 3.19. The van der Waals surface area contributed by atoms with Crippen molar-refractivity contribution in [2.24, 2.45) is 11.8 Å². The van der Waals surface area contributed by atoms with Crippen molar-refractivity contribution in [1.82, 2.24) is 0 Å². The molecule has 0 spiro atoms. The van der Waals surface area contributed by atoms with E-state index in [1.54, 1.807) is 18.2 Å². The Bertz CT molecular complexity index is 649. The molecule has 1 saturated heterocycles. The fourth-order valence-electron chi connectivity index (χ4n) is 2.83. The van der Waals surface area contributed by atoms with Crippen LogP contribution in [0.1, 0.15) is 18.4 Å². The third-order valence-corrected chi connectivity index (χ3v) is 4.32. The molecular formula is C15H11BrN2O2. The summed E-state index contributed by atoms with van der Waals surface area (Å²) in [7, 11) is 0. The van der Waals surface area contributed by atoms with Gasteiger partial charge in [0.05, 0.1) is 23.1 Å². The van der Waals surface area contributed by atoms with Gasteiger partial charge in [-0.1, -0.05) is 28.1 Å². The lowest BCUT2D eigenvalue weighted by molar-refractivity contribution is -0.122. The number of hydrogen-bond donors (Lipinski definition) is 0. The van der Waals surface area contributed by atoms with E-state index in [0.29, 0.717) is 24.1 Å². The molecule has 2 atom stereocenters. The molecule has 3 rings (SSSR count). The quantitative estimate of drug-likeness (QED) is 0.587. The molecule has 1 aromatic carbocycles. The molecule has 1 aliphatic carbocycles. The Morgan fingerprint density at radius 2 is 1.75 bits per heavy atom. The summed E-state index contributed by atoms with van der Waals surface area (Å²) < 4.78 is 0.746. The predicted octanol–water partition coefficient (Wildman–Crippen LogP) is 2.78. The van der Waals surface area contributed by atoms with Crippen molar-refractivity contribution in [3.63, 3.8) is 0 Å². The summed E-state index contributed by atoms with van der Waals surface area (Å²) in [6, 6.07) is 7.04. The maximum atomic E-state index is 12.5. The van der Waals surface area contributed by atoms with Gasteiger partial charge in [-0.25, -0.2) is 4.90 Å². The zero-order valence-corrected chi connectivity index (χ0v) is 12.1. The molecule has 0 saturated carbocycles. The van der Waals surface area contributed by atoms with Crippen LogP contribution in [0, 0.1) is 23.2 Å². The number of halogens is 1. The maximum absolute atomic E-state index is 12.5. The molecule has 20 heavy (non-hydrogen) atoms. The van der Waals surface area contributed by atoms with Crippen LogP contribution in [0.4, 0.5) is 5.69 Å². The standard InChI is InChI=1S/C15H11BrN2O2/c16-10-5-6-13(9(7-10)8-17)18-14(19)11-3-1-2-4-12(11)15(18)20/h1-2,5-7,11-12H,3-4H2/t11-,12+. The SMILES string of the molecule is N#Cc1cc(Br)ccc1N1C(=O)[C@H]2CC=CC[C@H]2C1=O. The zero-order valence-electron chi connectivity index (χ0n) is 10.5. The number of allylic oxidation sites excluding steroid dienone is 2. The van der Waals surface area contributed by atoms with E-state index in [0.717, 1.165) is 4.47 Å². The molecule has 0 unspecified atom stereocenters. The fraction of sp³-hybridized carbons (Fsp3) is 0.267. The lowest BCUT2D eigenvalue weighted by Gasteiger charge is -2.16. The number of rotatable bonds is 1. The van der Waals surface area contributed by atoms with Crippen LogP contribution in [0.15, 0.2) is 34.8 Å². The third kappa shape index (κ3) is 1.88. The Morgan fingerprint density at radius 1 is 1.15 bits per heavy atom. The normalized spacial score (nSPS) is 24.7. The Labute approximate surface area is 124 Å². The summed E-state index contributed by atoms with van der Waals surface area (Å²) in [4.78, 5) is 26.1. The van der Waals surface area contributed by atoms with E-state index in [2.05, 4.69) is 15.9 Å². The van der Waals surface area contributed by atoms with E-state index in [1.165, 1.54) is 4.90 Å². The number of nitriles is 1. The van der Waals surface area contributed by atoms with E-state index in [4.69, 9.17) is 0 Å². The molecule has 1 aromatic rings. The second kappa shape index (κ2) is 4.88. The van der Waals surface area contributed by atoms with Crippen LogP contribution >= 0.6 is 15.9 Å². The molecule has 5 heteroatoms. The maximum Gasteiger partial charge on any atom is 0.238 e. The second-order valence-corrected chi connectivity index (χ2v) is 5.86. The number of benzene rings is 1. The molecule has 0 N–H and O–H groups in total. The summed E-state index contributed by atoms with van der Waals surface area (Å²) in [5.41, 5.74) is 0.716. The van der Waals surface area contributed by atoms with Crippen molar-refractivity contribution in [2.45, 2.75) is 12.8 Å². The minimum Gasteiger partial charge on any atom is -0.274 e. The number of imide groups is 1. The van der Waals surface area contributed by atoms with Crippen LogP contribution in [0.25, 0.3) is 0 Å². The number of anilines is 1. The molecule has 2 amide bonds. The molecule has 0 bridgehead atoms. The van der Waals surface area contributed by atoms with Gasteiger partial charge in [-0.2, -0.15) is 5.26 Å². The smallest absolute Gasteiger partial charge is 0.238 e. The highest BCUT2D eigenvalue weighted by Crippen LogP contribution is 2.39. The predicted molar refractivity (Wildman–Crippen MR) is 76.7 cm³/mol. The molecule has 0 radical (unpaired) electrons. The van der Waals surface area contributed by atoms with E-state index >= 15 is 0 Å². The van der Waals surface area contributed by atoms with Gasteiger partial charge in [-0.05, 0) is 31.0 Å². The first-order valence-electron chi connectivity index (χ1n) is 6.36. The Balaban J connectivity index is 2.06. The highest BCUT2D eigenvalue weighted by Gasteiger charge is 2.48. The van der Waals surface area contributed by atoms with Crippen LogP contribution in [-0.4, -0.2) is 11.8 Å². The summed E-state index contributed by atoms with van der Waals surface area (Å²) in [6.07, 6.45) is 5.10. The van der Waals surface area contributed by atoms with Crippen LogP contribution in [0.2, 0.25) is 0 Å². The van der Waals surface area contributed by atoms with Crippen molar-refractivity contribution in [3.8, 4) is 6.07 Å². The second-order valence-electron chi connectivity index (χ2n) is 4.94. The molecule has 2 aliphatic rings. The van der Waals surface area contributed by atoms with Gasteiger partial charge < -0.3 is 0 Å². The summed E-state index contributed by atoms with van der Waals surface area (Å²) in [6.45, 7) is 0. The van der Waals surface area contributed by atoms with Gasteiger partial charge in [-0.3, -0.25) is 9.59 Å². The average molecular weight is 331 g/mol. The molecule has 1 fully saturated rings. The van der Waals surface area contributed by atoms with Gasteiger partial charge in [0, 0.05) is 4.47 Å². The minimum absolute atomic E-state index is 0.192. The molecule has 1 heterocycles. The molecule has 1 aliphatic heterocycles. The molecule has 4 nitrogen and oxygen atoms in total. The van der Waals surface area contributed by atoms with Crippen LogP contribution in [0.3, 0.4) is 0 Å². The lowest BCUT2D eigenvalue weighted by atomic mass is 9.85. The number of nitrogens with zero attached hydrogens (tertiary/aromatic N) is 2. The van der Waals surface area contributed by atoms with Gasteiger partial charge in [0.15, 0.2) is 0 Å². The zero-order chi connectivity index (χ0) is 14.3. The lowest BCUT2D eigenvalue weighted by Crippen LogP contribution is -2.31. The third-order valence-electron chi connectivity index (χ3n) is 3.83. The topological polar surface area (TPSA) is 61.2 Å². The van der Waals surface area contributed by atoms with Crippen molar-refractivity contribution in [1.29, 1.82) is 5.26 Å². The van der Waals surface area contributed by atoms with E-state index in [-0.39, 0.29) is 23.7 Å². The first-order valence-corrected chi connectivity index (χ1v) is 7.15. The Morgan fingerprint density at radius 3 is 2.30 bits per heavy atom. The van der Waals surface area contributed by atoms with Crippen molar-refractivity contribution in [2.75, 3.05) is 4.90 Å². The summed E-state index contributed by atoms with van der Waals surface area (Å²) >= 11 is 3.29. The van der Waals surface area contributed by atoms with Crippen LogP contribution in [-0.2, 0) is 9.59 Å². The molecule has 0 aromatic heterocycles. The summed E-state index contributed by atoms with van der Waals surface area (Å²) in [5, 5.41) is 9.20. The minimum atomic E-state index is -0.275. The van der Waals surface area contributed by atoms with E-state index in [9.17, 15) is 14.9 Å². The van der Waals surface area contributed by atoms with Gasteiger partial charge in [0.2, 0.25) is 11.8 Å². The monoisotopic (exact) mass is 330 g/mol. The number of carbonyl (C=O) groups excluding carboxylic acids is 2.